The van der Waals surface area contributed by atoms with Crippen LogP contribution in [-0.2, 0) is 10.0 Å². The summed E-state index contributed by atoms with van der Waals surface area (Å²) in [6, 6.07) is 5.15. The molecule has 1 aromatic carbocycles. The third kappa shape index (κ3) is 3.49. The molecule has 2 aliphatic rings. The van der Waals surface area contributed by atoms with Crippen LogP contribution in [0.3, 0.4) is 0 Å². The molecule has 0 spiro atoms. The maximum atomic E-state index is 12.6. The Bertz CT molecular complexity index is 711. The molecule has 0 aromatic heterocycles. The Morgan fingerprint density at radius 3 is 2.42 bits per heavy atom. The molecule has 1 amide bonds. The summed E-state index contributed by atoms with van der Waals surface area (Å²) in [6.07, 6.45) is 0.596. The van der Waals surface area contributed by atoms with Gasteiger partial charge < -0.3 is 14.4 Å². The van der Waals surface area contributed by atoms with Gasteiger partial charge in [-0.05, 0) is 24.6 Å². The smallest absolute Gasteiger partial charge is 0.254 e. The molecule has 0 N–H and O–H groups in total. The monoisotopic (exact) mass is 354 g/mol. The Kier molecular flexibility index (Phi) is 4.96. The number of piperazine rings is 1. The maximum Gasteiger partial charge on any atom is 0.254 e. The molecule has 0 aliphatic carbocycles. The summed E-state index contributed by atoms with van der Waals surface area (Å²) in [5, 5.41) is 0. The van der Waals surface area contributed by atoms with Gasteiger partial charge in [0, 0.05) is 31.7 Å². The van der Waals surface area contributed by atoms with Gasteiger partial charge in [-0.2, -0.15) is 4.31 Å². The Morgan fingerprint density at radius 1 is 1.08 bits per heavy atom. The van der Waals surface area contributed by atoms with Gasteiger partial charge in [0.05, 0.1) is 5.75 Å². The van der Waals surface area contributed by atoms with Gasteiger partial charge in [0.2, 0.25) is 10.0 Å². The number of ether oxygens (including phenoxy) is 2. The predicted octanol–water partition coefficient (Wildman–Crippen LogP) is 0.955. The Hall–Kier alpha value is -1.80. The number of carbonyl (C=O) groups is 1. The fraction of sp³-hybridized carbons (Fsp3) is 0.562. The molecule has 0 unspecified atom stereocenters. The van der Waals surface area contributed by atoms with Gasteiger partial charge in [-0.15, -0.1) is 0 Å². The van der Waals surface area contributed by atoms with Crippen molar-refractivity contribution in [3.05, 3.63) is 23.8 Å². The fourth-order valence-electron chi connectivity index (χ4n) is 2.92. The SMILES string of the molecule is CCCS(=O)(=O)N1CCN(C(=O)c2ccc3c(c2)OCCO3)CC1. The number of benzene rings is 1. The molecule has 7 nitrogen and oxygen atoms in total. The summed E-state index contributed by atoms with van der Waals surface area (Å²) >= 11 is 0. The van der Waals surface area contributed by atoms with Crippen LogP contribution >= 0.6 is 0 Å². The molecular formula is C16H22N2O5S. The summed E-state index contributed by atoms with van der Waals surface area (Å²) in [7, 11) is -3.20. The summed E-state index contributed by atoms with van der Waals surface area (Å²) in [4.78, 5) is 14.3. The van der Waals surface area contributed by atoms with Crippen LogP contribution in [0, 0.1) is 0 Å². The molecular weight excluding hydrogens is 332 g/mol. The summed E-state index contributed by atoms with van der Waals surface area (Å²) in [5.74, 6) is 1.27. The average molecular weight is 354 g/mol. The lowest BCUT2D eigenvalue weighted by Gasteiger charge is -2.34. The minimum atomic E-state index is -3.20. The van der Waals surface area contributed by atoms with Crippen LogP contribution in [0.5, 0.6) is 11.5 Å². The van der Waals surface area contributed by atoms with Crippen LogP contribution in [0.15, 0.2) is 18.2 Å². The number of carbonyl (C=O) groups excluding carboxylic acids is 1. The number of nitrogens with zero attached hydrogens (tertiary/aromatic N) is 2. The van der Waals surface area contributed by atoms with Crippen LogP contribution in [0.25, 0.3) is 0 Å². The molecule has 8 heteroatoms. The average Bonchev–Trinajstić information content (AvgIpc) is 2.61. The Balaban J connectivity index is 1.65. The van der Waals surface area contributed by atoms with E-state index in [2.05, 4.69) is 0 Å². The van der Waals surface area contributed by atoms with Crippen LogP contribution in [-0.4, -0.2) is 68.7 Å². The molecule has 2 aliphatic heterocycles. The zero-order valence-corrected chi connectivity index (χ0v) is 14.5. The van der Waals surface area contributed by atoms with E-state index >= 15 is 0 Å². The first-order chi connectivity index (χ1) is 11.5. The van der Waals surface area contributed by atoms with E-state index in [1.54, 1.807) is 23.1 Å². The van der Waals surface area contributed by atoms with Crippen molar-refractivity contribution < 1.29 is 22.7 Å². The van der Waals surface area contributed by atoms with E-state index in [9.17, 15) is 13.2 Å². The van der Waals surface area contributed by atoms with E-state index in [0.29, 0.717) is 62.9 Å². The number of rotatable bonds is 4. The molecule has 0 radical (unpaired) electrons. The molecule has 1 saturated heterocycles. The first kappa shape index (κ1) is 17.0. The highest BCUT2D eigenvalue weighted by molar-refractivity contribution is 7.89. The summed E-state index contributed by atoms with van der Waals surface area (Å²) in [6.45, 7) is 4.32. The van der Waals surface area contributed by atoms with Crippen LogP contribution < -0.4 is 9.47 Å². The second-order valence-corrected chi connectivity index (χ2v) is 7.95. The molecule has 0 atom stereocenters. The highest BCUT2D eigenvalue weighted by Crippen LogP contribution is 2.31. The second-order valence-electron chi connectivity index (χ2n) is 5.87. The quantitative estimate of drug-likeness (QED) is 0.805. The van der Waals surface area contributed by atoms with Crippen molar-refractivity contribution >= 4 is 15.9 Å². The molecule has 3 rings (SSSR count). The molecule has 2 heterocycles. The number of sulfonamides is 1. The van der Waals surface area contributed by atoms with Crippen molar-refractivity contribution in [1.82, 2.24) is 9.21 Å². The topological polar surface area (TPSA) is 76.2 Å². The number of amides is 1. The van der Waals surface area contributed by atoms with Crippen molar-refractivity contribution in [1.29, 1.82) is 0 Å². The first-order valence-corrected chi connectivity index (χ1v) is 9.79. The summed E-state index contributed by atoms with van der Waals surface area (Å²) in [5.41, 5.74) is 0.532. The molecule has 24 heavy (non-hydrogen) atoms. The van der Waals surface area contributed by atoms with E-state index in [1.807, 2.05) is 6.92 Å². The van der Waals surface area contributed by atoms with E-state index in [4.69, 9.17) is 9.47 Å². The van der Waals surface area contributed by atoms with E-state index in [0.717, 1.165) is 0 Å². The minimum Gasteiger partial charge on any atom is -0.486 e. The van der Waals surface area contributed by atoms with Crippen molar-refractivity contribution in [2.45, 2.75) is 13.3 Å². The van der Waals surface area contributed by atoms with Gasteiger partial charge in [0.25, 0.3) is 5.91 Å². The first-order valence-electron chi connectivity index (χ1n) is 8.18. The molecule has 0 saturated carbocycles. The van der Waals surface area contributed by atoms with Crippen molar-refractivity contribution in [2.24, 2.45) is 0 Å². The van der Waals surface area contributed by atoms with Crippen LogP contribution in [0.2, 0.25) is 0 Å². The molecule has 1 fully saturated rings. The van der Waals surface area contributed by atoms with Crippen molar-refractivity contribution in [2.75, 3.05) is 45.1 Å². The fourth-order valence-corrected chi connectivity index (χ4v) is 4.41. The number of fused-ring (bicyclic) bond motifs is 1. The van der Waals surface area contributed by atoms with Crippen molar-refractivity contribution in [3.8, 4) is 11.5 Å². The maximum absolute atomic E-state index is 12.6. The highest BCUT2D eigenvalue weighted by Gasteiger charge is 2.29. The van der Waals surface area contributed by atoms with E-state index < -0.39 is 10.0 Å². The van der Waals surface area contributed by atoms with Crippen LogP contribution in [0.1, 0.15) is 23.7 Å². The predicted molar refractivity (Wildman–Crippen MR) is 89.0 cm³/mol. The van der Waals surface area contributed by atoms with Gasteiger partial charge in [0.1, 0.15) is 13.2 Å². The lowest BCUT2D eigenvalue weighted by molar-refractivity contribution is 0.0697. The lowest BCUT2D eigenvalue weighted by atomic mass is 10.1. The normalized spacial score (nSPS) is 18.5. The largest absolute Gasteiger partial charge is 0.486 e. The summed E-state index contributed by atoms with van der Waals surface area (Å²) < 4.78 is 36.6. The van der Waals surface area contributed by atoms with Gasteiger partial charge in [-0.3, -0.25) is 4.79 Å². The zero-order valence-electron chi connectivity index (χ0n) is 13.7. The second kappa shape index (κ2) is 6.98. The highest BCUT2D eigenvalue weighted by atomic mass is 32.2. The van der Waals surface area contributed by atoms with Gasteiger partial charge in [-0.1, -0.05) is 6.92 Å². The number of hydrogen-bond acceptors (Lipinski definition) is 5. The molecule has 1 aromatic rings. The number of hydrogen-bond donors (Lipinski definition) is 0. The Morgan fingerprint density at radius 2 is 1.75 bits per heavy atom. The third-order valence-electron chi connectivity index (χ3n) is 4.17. The molecule has 132 valence electrons. The minimum absolute atomic E-state index is 0.112. The third-order valence-corrected chi connectivity index (χ3v) is 6.25. The van der Waals surface area contributed by atoms with Crippen LogP contribution in [0.4, 0.5) is 0 Å². The Labute approximate surface area is 142 Å². The standard InChI is InChI=1S/C16H22N2O5S/c1-2-11-24(20,21)18-7-5-17(6-8-18)16(19)13-3-4-14-15(12-13)23-10-9-22-14/h3-4,12H,2,5-11H2,1H3. The van der Waals surface area contributed by atoms with Gasteiger partial charge in [-0.25, -0.2) is 8.42 Å². The van der Waals surface area contributed by atoms with E-state index in [1.165, 1.54) is 4.31 Å². The van der Waals surface area contributed by atoms with Gasteiger partial charge in [0.15, 0.2) is 11.5 Å². The molecule has 0 bridgehead atoms. The lowest BCUT2D eigenvalue weighted by Crippen LogP contribution is -2.51. The van der Waals surface area contributed by atoms with Crippen molar-refractivity contribution in [3.63, 3.8) is 0 Å². The van der Waals surface area contributed by atoms with E-state index in [-0.39, 0.29) is 11.7 Å². The van der Waals surface area contributed by atoms with Gasteiger partial charge >= 0.3 is 0 Å². The zero-order chi connectivity index (χ0) is 17.2.